The number of rotatable bonds is 8. The third-order valence-corrected chi connectivity index (χ3v) is 10.2. The number of aromatic amines is 1. The van der Waals surface area contributed by atoms with Gasteiger partial charge in [0, 0.05) is 0 Å². The normalized spacial score (nSPS) is 14.5. The molecule has 6 rings (SSSR count). The highest BCUT2D eigenvalue weighted by atomic mass is 35.5. The Balaban J connectivity index is 1.50. The Morgan fingerprint density at radius 1 is 0.571 bits per heavy atom. The van der Waals surface area contributed by atoms with Crippen LogP contribution >= 0.6 is 23.2 Å². The van der Waals surface area contributed by atoms with E-state index in [1.54, 1.807) is 6.07 Å². The minimum absolute atomic E-state index is 0.00386. The first-order valence-corrected chi connectivity index (χ1v) is 19.7. The molecule has 0 unspecified atom stereocenters. The first kappa shape index (κ1) is 40.7. The summed E-state index contributed by atoms with van der Waals surface area (Å²) in [6.07, 6.45) is 0. The van der Waals surface area contributed by atoms with Gasteiger partial charge < -0.3 is 23.9 Å². The van der Waals surface area contributed by atoms with Gasteiger partial charge in [-0.15, -0.1) is 0 Å². The molecule has 0 amide bonds. The van der Waals surface area contributed by atoms with Crippen molar-refractivity contribution in [2.24, 2.45) is 4.99 Å². The van der Waals surface area contributed by atoms with Crippen LogP contribution < -0.4 is 18.9 Å². The number of aromatic nitrogens is 1. The molecule has 1 N–H and O–H groups in total. The highest BCUT2D eigenvalue weighted by Gasteiger charge is 2.33. The number of nitrogens with one attached hydrogen (secondary N) is 1. The number of aliphatic imine (C=N–C) groups is 1. The number of hydrogen-bond donors (Lipinski definition) is 1. The SMILES string of the molecule is Cc1cc(C)c(O/C(=C2/N=C(Oc3ccc(C(C)(C)C)cc3)C(Cl)=C2Oc2ccc(C(C)(C)C)cc2)c2cc(Cl)c(Oc3ccc(C(C)(C)C)cc3)[nH]2)c(C)c1. The lowest BCUT2D eigenvalue weighted by Gasteiger charge is -2.20. The van der Waals surface area contributed by atoms with Gasteiger partial charge in [-0.05, 0) is 107 Å². The molecule has 1 aliphatic heterocycles. The molecule has 2 heterocycles. The Hall–Kier alpha value is -4.91. The van der Waals surface area contributed by atoms with E-state index in [1.807, 2.05) is 62.4 Å². The predicted molar refractivity (Wildman–Crippen MR) is 231 cm³/mol. The van der Waals surface area contributed by atoms with Crippen molar-refractivity contribution in [3.63, 3.8) is 0 Å². The highest BCUT2D eigenvalue weighted by molar-refractivity contribution is 6.44. The third-order valence-electron chi connectivity index (χ3n) is 9.64. The summed E-state index contributed by atoms with van der Waals surface area (Å²) < 4.78 is 26.2. The van der Waals surface area contributed by atoms with E-state index in [0.717, 1.165) is 16.7 Å². The van der Waals surface area contributed by atoms with Gasteiger partial charge in [0.2, 0.25) is 11.8 Å². The Kier molecular flexibility index (Phi) is 11.3. The van der Waals surface area contributed by atoms with Crippen molar-refractivity contribution >= 4 is 34.9 Å². The van der Waals surface area contributed by atoms with Gasteiger partial charge in [-0.1, -0.05) is 140 Å². The molecule has 5 aromatic rings. The Labute approximate surface area is 342 Å². The monoisotopic (exact) mass is 790 g/mol. The van der Waals surface area contributed by atoms with Crippen molar-refractivity contribution < 1.29 is 18.9 Å². The fraction of sp³-hybridized carbons (Fsp3) is 0.312. The molecule has 56 heavy (non-hydrogen) atoms. The lowest BCUT2D eigenvalue weighted by Crippen LogP contribution is -2.11. The zero-order chi connectivity index (χ0) is 40.7. The fourth-order valence-corrected chi connectivity index (χ4v) is 6.80. The van der Waals surface area contributed by atoms with Gasteiger partial charge in [0.05, 0.1) is 5.69 Å². The Morgan fingerprint density at radius 3 is 1.45 bits per heavy atom. The standard InChI is InChI=1S/C48H52Cl2N2O4/c1-28-25-29(2)41(30(3)26-28)56-42(38-27-37(49)44(51-38)54-35-21-15-32(16-22-35)47(7,8)9)40-43(53-34-19-13-31(14-20-34)46(4,5)6)39(50)45(52-40)55-36-23-17-33(18-24-36)48(10,11)12/h13-27,51H,1-12H3/b42-40+. The van der Waals surface area contributed by atoms with Crippen LogP contribution in [-0.2, 0) is 16.2 Å². The van der Waals surface area contributed by atoms with Gasteiger partial charge in [-0.25, -0.2) is 4.99 Å². The summed E-state index contributed by atoms with van der Waals surface area (Å²) in [5.74, 6) is 3.54. The molecule has 0 saturated heterocycles. The lowest BCUT2D eigenvalue weighted by molar-refractivity contribution is 0.427. The van der Waals surface area contributed by atoms with Crippen molar-refractivity contribution in [2.75, 3.05) is 0 Å². The van der Waals surface area contributed by atoms with Crippen molar-refractivity contribution in [1.29, 1.82) is 0 Å². The molecule has 1 aromatic heterocycles. The maximum absolute atomic E-state index is 7.20. The molecule has 292 valence electrons. The van der Waals surface area contributed by atoms with Crippen LogP contribution in [0.5, 0.6) is 28.9 Å². The summed E-state index contributed by atoms with van der Waals surface area (Å²) >= 11 is 14.1. The first-order valence-electron chi connectivity index (χ1n) is 18.9. The second-order valence-corrected chi connectivity index (χ2v) is 18.3. The third kappa shape index (κ3) is 9.20. The molecule has 0 aliphatic carbocycles. The van der Waals surface area contributed by atoms with E-state index < -0.39 is 0 Å². The van der Waals surface area contributed by atoms with Crippen LogP contribution in [0.15, 0.2) is 112 Å². The first-order chi connectivity index (χ1) is 26.2. The van der Waals surface area contributed by atoms with Crippen LogP contribution in [0.2, 0.25) is 5.02 Å². The molecule has 4 aromatic carbocycles. The molecule has 0 atom stereocenters. The second-order valence-electron chi connectivity index (χ2n) is 17.6. The van der Waals surface area contributed by atoms with Gasteiger partial charge in [0.1, 0.15) is 33.1 Å². The zero-order valence-corrected chi connectivity index (χ0v) is 36.0. The van der Waals surface area contributed by atoms with Gasteiger partial charge >= 0.3 is 0 Å². The van der Waals surface area contributed by atoms with Crippen LogP contribution in [0.4, 0.5) is 0 Å². The summed E-state index contributed by atoms with van der Waals surface area (Å²) in [5.41, 5.74) is 7.31. The maximum atomic E-state index is 7.20. The van der Waals surface area contributed by atoms with Gasteiger partial charge in [-0.3, -0.25) is 0 Å². The van der Waals surface area contributed by atoms with Gasteiger partial charge in [0.25, 0.3) is 0 Å². The van der Waals surface area contributed by atoms with Crippen molar-refractivity contribution in [1.82, 2.24) is 4.98 Å². The van der Waals surface area contributed by atoms with Crippen molar-refractivity contribution in [2.45, 2.75) is 99.3 Å². The van der Waals surface area contributed by atoms with Gasteiger partial charge in [0.15, 0.2) is 17.2 Å². The molecule has 0 spiro atoms. The van der Waals surface area contributed by atoms with Crippen molar-refractivity contribution in [3.05, 3.63) is 152 Å². The summed E-state index contributed by atoms with van der Waals surface area (Å²) in [5, 5.41) is 0.540. The van der Waals surface area contributed by atoms with E-state index in [-0.39, 0.29) is 32.9 Å². The number of H-pyrrole nitrogens is 1. The van der Waals surface area contributed by atoms with Crippen LogP contribution in [0, 0.1) is 20.8 Å². The smallest absolute Gasteiger partial charge is 0.242 e. The molecule has 1 aliphatic rings. The average Bonchev–Trinajstić information content (AvgIpc) is 3.61. The van der Waals surface area contributed by atoms with E-state index in [9.17, 15) is 0 Å². The zero-order valence-electron chi connectivity index (χ0n) is 34.5. The Bertz CT molecular complexity index is 2300. The van der Waals surface area contributed by atoms with E-state index in [0.29, 0.717) is 51.1 Å². The molecule has 0 bridgehead atoms. The number of nitrogens with zero attached hydrogens (tertiary/aromatic N) is 1. The van der Waals surface area contributed by atoms with Crippen LogP contribution in [-0.4, -0.2) is 10.9 Å². The van der Waals surface area contributed by atoms with E-state index in [2.05, 4.69) is 111 Å². The van der Waals surface area contributed by atoms with Crippen LogP contribution in [0.1, 0.15) is 101 Å². The fourth-order valence-electron chi connectivity index (χ4n) is 6.40. The minimum Gasteiger partial charge on any atom is -0.453 e. The summed E-state index contributed by atoms with van der Waals surface area (Å²) in [6, 6.07) is 29.8. The second kappa shape index (κ2) is 15.6. The topological polar surface area (TPSA) is 65.1 Å². The number of benzene rings is 4. The largest absolute Gasteiger partial charge is 0.453 e. The molecule has 0 fully saturated rings. The number of ether oxygens (including phenoxy) is 4. The van der Waals surface area contributed by atoms with E-state index >= 15 is 0 Å². The number of hydrogen-bond acceptors (Lipinski definition) is 5. The molecular weight excluding hydrogens is 739 g/mol. The molecular formula is C48H52Cl2N2O4. The summed E-state index contributed by atoms with van der Waals surface area (Å²) in [6.45, 7) is 25.6. The quantitative estimate of drug-likeness (QED) is 0.159. The molecule has 0 radical (unpaired) electrons. The van der Waals surface area contributed by atoms with E-state index in [1.165, 1.54) is 16.7 Å². The summed E-state index contributed by atoms with van der Waals surface area (Å²) in [4.78, 5) is 8.35. The molecule has 8 heteroatoms. The van der Waals surface area contributed by atoms with Crippen molar-refractivity contribution in [3.8, 4) is 28.9 Å². The maximum Gasteiger partial charge on any atom is 0.242 e. The lowest BCUT2D eigenvalue weighted by atomic mass is 9.87. The number of aryl methyl sites for hydroxylation is 3. The molecule has 6 nitrogen and oxygen atoms in total. The highest BCUT2D eigenvalue weighted by Crippen LogP contribution is 2.42. The van der Waals surface area contributed by atoms with E-state index in [4.69, 9.17) is 47.1 Å². The van der Waals surface area contributed by atoms with Crippen LogP contribution in [0.25, 0.3) is 5.76 Å². The van der Waals surface area contributed by atoms with Crippen LogP contribution in [0.3, 0.4) is 0 Å². The predicted octanol–water partition coefficient (Wildman–Crippen LogP) is 14.0. The molecule has 0 saturated carbocycles. The van der Waals surface area contributed by atoms with Gasteiger partial charge in [-0.2, -0.15) is 0 Å². The number of halogens is 2. The average molecular weight is 792 g/mol. The minimum atomic E-state index is -0.0351. The Morgan fingerprint density at radius 2 is 1.00 bits per heavy atom. The summed E-state index contributed by atoms with van der Waals surface area (Å²) in [7, 11) is 0.